The van der Waals surface area contributed by atoms with Crippen LogP contribution in [0.2, 0.25) is 0 Å². The molecule has 5 heteroatoms. The summed E-state index contributed by atoms with van der Waals surface area (Å²) in [5.41, 5.74) is 0.994. The summed E-state index contributed by atoms with van der Waals surface area (Å²) in [6.45, 7) is 5.06. The summed E-state index contributed by atoms with van der Waals surface area (Å²) in [6, 6.07) is 1.74. The Bertz CT molecular complexity index is 481. The summed E-state index contributed by atoms with van der Waals surface area (Å²) >= 11 is 5.65. The SMILES string of the molecule is CC1CCN(c2cnn(CCCCCCCl)c(=O)c2)CC1. The average molecular weight is 312 g/mol. The molecule has 0 N–H and O–H groups in total. The zero-order valence-electron chi connectivity index (χ0n) is 12.9. The number of piperidine rings is 1. The van der Waals surface area contributed by atoms with E-state index in [0.717, 1.165) is 56.3 Å². The van der Waals surface area contributed by atoms with Gasteiger partial charge in [0.05, 0.1) is 11.9 Å². The summed E-state index contributed by atoms with van der Waals surface area (Å²) in [7, 11) is 0. The fourth-order valence-corrected chi connectivity index (χ4v) is 2.93. The highest BCUT2D eigenvalue weighted by atomic mass is 35.5. The van der Waals surface area contributed by atoms with Crippen LogP contribution in [0.3, 0.4) is 0 Å². The second-order valence-corrected chi connectivity index (χ2v) is 6.43. The van der Waals surface area contributed by atoms with E-state index in [1.165, 1.54) is 12.8 Å². The van der Waals surface area contributed by atoms with Crippen LogP contribution < -0.4 is 10.5 Å². The molecule has 21 heavy (non-hydrogen) atoms. The molecule has 0 aromatic carbocycles. The second-order valence-electron chi connectivity index (χ2n) is 6.05. The van der Waals surface area contributed by atoms with Gasteiger partial charge in [-0.2, -0.15) is 5.10 Å². The van der Waals surface area contributed by atoms with Crippen molar-refractivity contribution in [2.45, 2.75) is 52.0 Å². The summed E-state index contributed by atoms with van der Waals surface area (Å²) < 4.78 is 1.58. The third-order valence-electron chi connectivity index (χ3n) is 4.26. The van der Waals surface area contributed by atoms with Crippen LogP contribution in [0.5, 0.6) is 0 Å². The summed E-state index contributed by atoms with van der Waals surface area (Å²) in [5.74, 6) is 1.52. The number of unbranched alkanes of at least 4 members (excludes halogenated alkanes) is 3. The standard InChI is InChI=1S/C16H26ClN3O/c1-14-6-10-19(11-7-14)15-12-16(21)20(18-13-15)9-5-3-2-4-8-17/h12-14H,2-11H2,1H3. The van der Waals surface area contributed by atoms with Crippen molar-refractivity contribution in [1.82, 2.24) is 9.78 Å². The number of anilines is 1. The molecule has 4 nitrogen and oxygen atoms in total. The molecule has 2 rings (SSSR count). The van der Waals surface area contributed by atoms with Gasteiger partial charge in [0.2, 0.25) is 0 Å². The number of halogens is 1. The minimum atomic E-state index is 0.0171. The fraction of sp³-hybridized carbons (Fsp3) is 0.750. The van der Waals surface area contributed by atoms with Crippen molar-refractivity contribution < 1.29 is 0 Å². The van der Waals surface area contributed by atoms with E-state index in [-0.39, 0.29) is 5.56 Å². The quantitative estimate of drug-likeness (QED) is 0.573. The molecule has 1 saturated heterocycles. The van der Waals surface area contributed by atoms with Crippen molar-refractivity contribution in [3.63, 3.8) is 0 Å². The van der Waals surface area contributed by atoms with Crippen molar-refractivity contribution in [2.75, 3.05) is 23.9 Å². The Labute approximate surface area is 132 Å². The molecular formula is C16H26ClN3O. The van der Waals surface area contributed by atoms with Gasteiger partial charge < -0.3 is 4.90 Å². The third-order valence-corrected chi connectivity index (χ3v) is 4.52. The van der Waals surface area contributed by atoms with E-state index in [1.54, 1.807) is 10.7 Å². The Morgan fingerprint density at radius 1 is 1.24 bits per heavy atom. The lowest BCUT2D eigenvalue weighted by Crippen LogP contribution is -2.34. The van der Waals surface area contributed by atoms with E-state index in [4.69, 9.17) is 11.6 Å². The van der Waals surface area contributed by atoms with Crippen molar-refractivity contribution in [3.05, 3.63) is 22.6 Å². The second kappa shape index (κ2) is 8.42. The number of hydrogen-bond donors (Lipinski definition) is 0. The van der Waals surface area contributed by atoms with E-state index >= 15 is 0 Å². The highest BCUT2D eigenvalue weighted by molar-refractivity contribution is 6.17. The molecule has 0 unspecified atom stereocenters. The number of hydrogen-bond acceptors (Lipinski definition) is 3. The van der Waals surface area contributed by atoms with Gasteiger partial charge in [-0.1, -0.05) is 19.8 Å². The van der Waals surface area contributed by atoms with E-state index in [1.807, 2.05) is 6.20 Å². The van der Waals surface area contributed by atoms with Crippen LogP contribution in [0.15, 0.2) is 17.1 Å². The molecule has 0 spiro atoms. The molecule has 1 aliphatic heterocycles. The maximum absolute atomic E-state index is 12.1. The number of alkyl halides is 1. The third kappa shape index (κ3) is 5.03. The van der Waals surface area contributed by atoms with E-state index in [9.17, 15) is 4.79 Å². The average Bonchev–Trinajstić information content (AvgIpc) is 2.49. The lowest BCUT2D eigenvalue weighted by molar-refractivity contribution is 0.437. The van der Waals surface area contributed by atoms with Gasteiger partial charge in [0.25, 0.3) is 5.56 Å². The molecule has 0 bridgehead atoms. The van der Waals surface area contributed by atoms with Crippen LogP contribution in [0, 0.1) is 5.92 Å². The Kier molecular flexibility index (Phi) is 6.55. The Hall–Kier alpha value is -1.03. The molecule has 0 aliphatic carbocycles. The smallest absolute Gasteiger partial charge is 0.268 e. The van der Waals surface area contributed by atoms with Crippen LogP contribution in [0.25, 0.3) is 0 Å². The Morgan fingerprint density at radius 2 is 1.95 bits per heavy atom. The predicted octanol–water partition coefficient (Wildman–Crippen LogP) is 3.28. The zero-order chi connectivity index (χ0) is 15.1. The maximum atomic E-state index is 12.1. The molecular weight excluding hydrogens is 286 g/mol. The van der Waals surface area contributed by atoms with Gasteiger partial charge in [-0.05, 0) is 31.6 Å². The van der Waals surface area contributed by atoms with Crippen LogP contribution in [-0.4, -0.2) is 28.8 Å². The maximum Gasteiger partial charge on any atom is 0.268 e. The highest BCUT2D eigenvalue weighted by Gasteiger charge is 2.16. The van der Waals surface area contributed by atoms with Gasteiger partial charge in [0.1, 0.15) is 0 Å². The van der Waals surface area contributed by atoms with Gasteiger partial charge in [-0.25, -0.2) is 4.68 Å². The first kappa shape index (κ1) is 16.3. The van der Waals surface area contributed by atoms with Crippen molar-refractivity contribution in [1.29, 1.82) is 0 Å². The molecule has 1 aromatic heterocycles. The summed E-state index contributed by atoms with van der Waals surface area (Å²) in [5, 5.41) is 4.33. The lowest BCUT2D eigenvalue weighted by Gasteiger charge is -2.31. The number of nitrogens with zero attached hydrogens (tertiary/aromatic N) is 3. The Balaban J connectivity index is 1.87. The first-order chi connectivity index (χ1) is 10.2. The molecule has 0 amide bonds. The molecule has 0 radical (unpaired) electrons. The van der Waals surface area contributed by atoms with Crippen LogP contribution in [0.4, 0.5) is 5.69 Å². The van der Waals surface area contributed by atoms with Crippen LogP contribution in [0.1, 0.15) is 45.4 Å². The molecule has 2 heterocycles. The number of aryl methyl sites for hydroxylation is 1. The number of rotatable bonds is 7. The van der Waals surface area contributed by atoms with Gasteiger partial charge in [0.15, 0.2) is 0 Å². The molecule has 0 saturated carbocycles. The van der Waals surface area contributed by atoms with E-state index < -0.39 is 0 Å². The first-order valence-corrected chi connectivity index (χ1v) is 8.62. The minimum absolute atomic E-state index is 0.0171. The Morgan fingerprint density at radius 3 is 2.62 bits per heavy atom. The molecule has 1 fully saturated rings. The normalized spacial score (nSPS) is 16.4. The molecule has 0 atom stereocenters. The predicted molar refractivity (Wildman–Crippen MR) is 88.3 cm³/mol. The fourth-order valence-electron chi connectivity index (χ4n) is 2.74. The van der Waals surface area contributed by atoms with Crippen molar-refractivity contribution in [2.24, 2.45) is 5.92 Å². The summed E-state index contributed by atoms with van der Waals surface area (Å²) in [4.78, 5) is 14.4. The van der Waals surface area contributed by atoms with Gasteiger partial charge in [0, 0.05) is 31.6 Å². The topological polar surface area (TPSA) is 38.1 Å². The molecule has 1 aliphatic rings. The zero-order valence-corrected chi connectivity index (χ0v) is 13.7. The molecule has 118 valence electrons. The van der Waals surface area contributed by atoms with Crippen LogP contribution >= 0.6 is 11.6 Å². The highest BCUT2D eigenvalue weighted by Crippen LogP contribution is 2.20. The minimum Gasteiger partial charge on any atom is -0.370 e. The van der Waals surface area contributed by atoms with Gasteiger partial charge >= 0.3 is 0 Å². The van der Waals surface area contributed by atoms with Gasteiger partial charge in [-0.3, -0.25) is 4.79 Å². The molecule has 1 aromatic rings. The van der Waals surface area contributed by atoms with Crippen molar-refractivity contribution >= 4 is 17.3 Å². The summed E-state index contributed by atoms with van der Waals surface area (Å²) in [6.07, 6.45) is 8.51. The van der Waals surface area contributed by atoms with Gasteiger partial charge in [-0.15, -0.1) is 11.6 Å². The number of aromatic nitrogens is 2. The van der Waals surface area contributed by atoms with Crippen LogP contribution in [-0.2, 0) is 6.54 Å². The van der Waals surface area contributed by atoms with E-state index in [2.05, 4.69) is 16.9 Å². The van der Waals surface area contributed by atoms with E-state index in [0.29, 0.717) is 6.54 Å². The largest absolute Gasteiger partial charge is 0.370 e. The first-order valence-electron chi connectivity index (χ1n) is 8.09. The lowest BCUT2D eigenvalue weighted by atomic mass is 9.99. The van der Waals surface area contributed by atoms with Crippen molar-refractivity contribution in [3.8, 4) is 0 Å². The monoisotopic (exact) mass is 311 g/mol.